The second kappa shape index (κ2) is 14.8. The zero-order valence-electron chi connectivity index (χ0n) is 26.0. The smallest absolute Gasteiger partial charge is 0.335 e. The first-order chi connectivity index (χ1) is 21.0. The van der Waals surface area contributed by atoms with Crippen molar-refractivity contribution in [3.8, 4) is 5.75 Å². The van der Waals surface area contributed by atoms with Crippen LogP contribution < -0.4 is 4.74 Å². The minimum atomic E-state index is -0.941. The molecule has 0 spiro atoms. The van der Waals surface area contributed by atoms with Gasteiger partial charge in [0.1, 0.15) is 18.2 Å². The number of carbonyl (C=O) groups is 2. The molecule has 1 atom stereocenters. The summed E-state index contributed by atoms with van der Waals surface area (Å²) in [6.45, 7) is 8.49. The number of Topliss-reactive ketones (excluding diaryl/α,β-unsaturated/α-hetero) is 1. The van der Waals surface area contributed by atoms with E-state index in [1.165, 1.54) is 17.7 Å². The Bertz CT molecular complexity index is 1520. The van der Waals surface area contributed by atoms with Crippen LogP contribution in [0.4, 0.5) is 4.39 Å². The quantitative estimate of drug-likeness (QED) is 0.157. The molecule has 0 amide bonds. The van der Waals surface area contributed by atoms with Crippen molar-refractivity contribution in [3.05, 3.63) is 142 Å². The number of rotatable bonds is 13. The number of aromatic carboxylic acids is 1. The van der Waals surface area contributed by atoms with Crippen LogP contribution in [0.1, 0.15) is 89.1 Å². The number of carbonyl (C=O) groups excluding carboxylic acids is 1. The average molecular weight is 593 g/mol. The number of halogens is 1. The molecule has 228 valence electrons. The number of ketones is 1. The first-order valence-corrected chi connectivity index (χ1v) is 15.1. The fourth-order valence-electron chi connectivity index (χ4n) is 5.04. The number of aryl methyl sites for hydroxylation is 2. The third kappa shape index (κ3) is 9.50. The molecule has 0 aromatic heterocycles. The van der Waals surface area contributed by atoms with E-state index in [1.54, 1.807) is 25.1 Å². The molecule has 0 saturated carbocycles. The molecule has 0 bridgehead atoms. The standard InChI is InChI=1S/C39H41FO4/c1-27(41)32-16-9-29(10-17-32)7-5-28(6-8-30-11-18-33(19-12-30)38(42)43)13-20-34-25-36(40)23-24-37(34)44-26-31-14-21-35(22-15-31)39(2,3)4/h9-25,28H,5-8,26H2,1-4H3,(H,42,43)/b20-13+. The van der Waals surface area contributed by atoms with Gasteiger partial charge in [0.25, 0.3) is 0 Å². The van der Waals surface area contributed by atoms with E-state index < -0.39 is 5.97 Å². The molecular weight excluding hydrogens is 551 g/mol. The molecule has 0 aliphatic heterocycles. The summed E-state index contributed by atoms with van der Waals surface area (Å²) < 4.78 is 20.5. The van der Waals surface area contributed by atoms with Crippen molar-refractivity contribution in [1.82, 2.24) is 0 Å². The molecule has 4 aromatic rings. The van der Waals surface area contributed by atoms with Gasteiger partial charge in [-0.25, -0.2) is 9.18 Å². The van der Waals surface area contributed by atoms with Gasteiger partial charge in [-0.3, -0.25) is 4.79 Å². The number of hydrogen-bond donors (Lipinski definition) is 1. The zero-order chi connectivity index (χ0) is 31.7. The third-order valence-corrected chi connectivity index (χ3v) is 7.90. The Labute approximate surface area is 260 Å². The van der Waals surface area contributed by atoms with E-state index in [2.05, 4.69) is 51.1 Å². The molecule has 0 aliphatic carbocycles. The maximum Gasteiger partial charge on any atom is 0.335 e. The van der Waals surface area contributed by atoms with E-state index in [1.807, 2.05) is 42.5 Å². The summed E-state index contributed by atoms with van der Waals surface area (Å²) in [5.41, 5.74) is 6.22. The fraction of sp³-hybridized carbons (Fsp3) is 0.282. The molecule has 4 nitrogen and oxygen atoms in total. The van der Waals surface area contributed by atoms with Crippen LogP contribution >= 0.6 is 0 Å². The lowest BCUT2D eigenvalue weighted by atomic mass is 9.87. The number of carboxylic acid groups (broad SMARTS) is 1. The molecule has 4 aromatic carbocycles. The van der Waals surface area contributed by atoms with Crippen LogP contribution in [0.2, 0.25) is 0 Å². The van der Waals surface area contributed by atoms with Gasteiger partial charge in [0, 0.05) is 11.1 Å². The van der Waals surface area contributed by atoms with Crippen molar-refractivity contribution in [2.75, 3.05) is 0 Å². The molecule has 4 rings (SSSR count). The molecule has 0 fully saturated rings. The molecular formula is C39H41FO4. The maximum atomic E-state index is 14.4. The largest absolute Gasteiger partial charge is 0.488 e. The van der Waals surface area contributed by atoms with E-state index in [-0.39, 0.29) is 28.5 Å². The number of hydrogen-bond acceptors (Lipinski definition) is 3. The van der Waals surface area contributed by atoms with Crippen LogP contribution in [0.3, 0.4) is 0 Å². The van der Waals surface area contributed by atoms with Gasteiger partial charge >= 0.3 is 5.97 Å². The van der Waals surface area contributed by atoms with Crippen molar-refractivity contribution >= 4 is 17.8 Å². The lowest BCUT2D eigenvalue weighted by Crippen LogP contribution is -2.10. The Kier molecular flexibility index (Phi) is 10.9. The first kappa shape index (κ1) is 32.4. The Hall–Kier alpha value is -4.51. The number of benzene rings is 4. The highest BCUT2D eigenvalue weighted by molar-refractivity contribution is 5.94. The first-order valence-electron chi connectivity index (χ1n) is 15.1. The Morgan fingerprint density at radius 2 is 1.34 bits per heavy atom. The van der Waals surface area contributed by atoms with Gasteiger partial charge in [-0.15, -0.1) is 0 Å². The summed E-state index contributed by atoms with van der Waals surface area (Å²) in [5.74, 6) is -0.440. The topological polar surface area (TPSA) is 63.6 Å². The summed E-state index contributed by atoms with van der Waals surface area (Å²) in [7, 11) is 0. The molecule has 0 heterocycles. The Morgan fingerprint density at radius 1 is 0.795 bits per heavy atom. The van der Waals surface area contributed by atoms with E-state index in [0.29, 0.717) is 23.5 Å². The van der Waals surface area contributed by atoms with Gasteiger partial charge in [-0.2, -0.15) is 0 Å². The minimum Gasteiger partial charge on any atom is -0.488 e. The monoisotopic (exact) mass is 592 g/mol. The van der Waals surface area contributed by atoms with Crippen LogP contribution in [0, 0.1) is 11.7 Å². The Morgan fingerprint density at radius 3 is 1.86 bits per heavy atom. The summed E-state index contributed by atoms with van der Waals surface area (Å²) in [6.07, 6.45) is 7.35. The van der Waals surface area contributed by atoms with E-state index in [9.17, 15) is 19.1 Å². The van der Waals surface area contributed by atoms with Gasteiger partial charge < -0.3 is 9.84 Å². The van der Waals surface area contributed by atoms with Gasteiger partial charge in [-0.05, 0) is 96.5 Å². The highest BCUT2D eigenvalue weighted by Gasteiger charge is 2.14. The second-order valence-electron chi connectivity index (χ2n) is 12.4. The van der Waals surface area contributed by atoms with Crippen molar-refractivity contribution in [2.45, 2.75) is 65.4 Å². The molecule has 0 saturated heterocycles. The van der Waals surface area contributed by atoms with Crippen LogP contribution in [0.15, 0.2) is 97.1 Å². The zero-order valence-corrected chi connectivity index (χ0v) is 26.0. The molecule has 0 radical (unpaired) electrons. The summed E-state index contributed by atoms with van der Waals surface area (Å²) in [6, 6.07) is 27.7. The highest BCUT2D eigenvalue weighted by Crippen LogP contribution is 2.27. The Balaban J connectivity index is 1.49. The fourth-order valence-corrected chi connectivity index (χ4v) is 5.04. The molecule has 1 N–H and O–H groups in total. The molecule has 5 heteroatoms. The maximum absolute atomic E-state index is 14.4. The van der Waals surface area contributed by atoms with E-state index in [0.717, 1.165) is 42.4 Å². The van der Waals surface area contributed by atoms with Gasteiger partial charge in [0.05, 0.1) is 5.56 Å². The van der Waals surface area contributed by atoms with Gasteiger partial charge in [-0.1, -0.05) is 93.6 Å². The SMILES string of the molecule is CC(=O)c1ccc(CCC(/C=C/c2cc(F)ccc2OCc2ccc(C(C)(C)C)cc2)CCc2ccc(C(=O)O)cc2)cc1. The third-order valence-electron chi connectivity index (χ3n) is 7.90. The van der Waals surface area contributed by atoms with Crippen LogP contribution in [-0.2, 0) is 24.9 Å². The lowest BCUT2D eigenvalue weighted by molar-refractivity contribution is 0.0696. The number of allylic oxidation sites excluding steroid dienone is 1. The van der Waals surface area contributed by atoms with Crippen LogP contribution in [0.25, 0.3) is 6.08 Å². The second-order valence-corrected chi connectivity index (χ2v) is 12.4. The minimum absolute atomic E-state index is 0.0429. The van der Waals surface area contributed by atoms with Crippen molar-refractivity contribution < 1.29 is 23.8 Å². The van der Waals surface area contributed by atoms with Crippen molar-refractivity contribution in [3.63, 3.8) is 0 Å². The predicted molar refractivity (Wildman–Crippen MR) is 175 cm³/mol. The number of carboxylic acids is 1. The predicted octanol–water partition coefficient (Wildman–Crippen LogP) is 9.50. The molecule has 1 unspecified atom stereocenters. The van der Waals surface area contributed by atoms with E-state index in [4.69, 9.17) is 4.74 Å². The van der Waals surface area contributed by atoms with E-state index >= 15 is 0 Å². The van der Waals surface area contributed by atoms with Gasteiger partial charge in [0.2, 0.25) is 0 Å². The van der Waals surface area contributed by atoms with Crippen molar-refractivity contribution in [2.24, 2.45) is 5.92 Å². The summed E-state index contributed by atoms with van der Waals surface area (Å²) >= 11 is 0. The molecule has 44 heavy (non-hydrogen) atoms. The van der Waals surface area contributed by atoms with Crippen LogP contribution in [-0.4, -0.2) is 16.9 Å². The number of ether oxygens (including phenoxy) is 1. The molecule has 0 aliphatic rings. The summed E-state index contributed by atoms with van der Waals surface area (Å²) in [4.78, 5) is 22.9. The normalized spacial score (nSPS) is 12.3. The average Bonchev–Trinajstić information content (AvgIpc) is 3.00. The van der Waals surface area contributed by atoms with Gasteiger partial charge in [0.15, 0.2) is 5.78 Å². The van der Waals surface area contributed by atoms with Crippen LogP contribution in [0.5, 0.6) is 5.75 Å². The lowest BCUT2D eigenvalue weighted by Gasteiger charge is -2.19. The highest BCUT2D eigenvalue weighted by atomic mass is 19.1. The summed E-state index contributed by atoms with van der Waals surface area (Å²) in [5, 5.41) is 9.22. The van der Waals surface area contributed by atoms with Crippen molar-refractivity contribution in [1.29, 1.82) is 0 Å².